The van der Waals surface area contributed by atoms with E-state index in [1.807, 2.05) is 30.5 Å². The number of amides is 1. The maximum absolute atomic E-state index is 12.7. The molecule has 1 aliphatic heterocycles. The van der Waals surface area contributed by atoms with Crippen LogP contribution in [0.25, 0.3) is 5.70 Å². The largest absolute Gasteiger partial charge is 0.478 e. The molecule has 2 aromatic rings. The van der Waals surface area contributed by atoms with Gasteiger partial charge in [0, 0.05) is 22.1 Å². The summed E-state index contributed by atoms with van der Waals surface area (Å²) in [5, 5.41) is 9.16. The number of aliphatic carboxylic acids is 1. The van der Waals surface area contributed by atoms with E-state index in [0.29, 0.717) is 22.5 Å². The lowest BCUT2D eigenvalue weighted by molar-refractivity contribution is -0.131. The molecule has 22 heavy (non-hydrogen) atoms. The smallest absolute Gasteiger partial charge is 0.330 e. The molecule has 110 valence electrons. The number of rotatable bonds is 3. The highest BCUT2D eigenvalue weighted by molar-refractivity contribution is 7.98. The molecule has 1 heterocycles. The van der Waals surface area contributed by atoms with Crippen molar-refractivity contribution in [2.24, 2.45) is 0 Å². The first-order valence-corrected chi connectivity index (χ1v) is 7.87. The van der Waals surface area contributed by atoms with Crippen LogP contribution in [-0.2, 0) is 4.79 Å². The van der Waals surface area contributed by atoms with Gasteiger partial charge in [0.05, 0.1) is 11.4 Å². The zero-order valence-electron chi connectivity index (χ0n) is 11.8. The summed E-state index contributed by atoms with van der Waals surface area (Å²) in [7, 11) is 0. The summed E-state index contributed by atoms with van der Waals surface area (Å²) in [5.74, 6) is -1.28. The summed E-state index contributed by atoms with van der Waals surface area (Å²) in [5.41, 5.74) is 2.26. The minimum Gasteiger partial charge on any atom is -0.478 e. The monoisotopic (exact) mass is 311 g/mol. The highest BCUT2D eigenvalue weighted by Crippen LogP contribution is 2.40. The molecular formula is C17H13NO3S. The fourth-order valence-electron chi connectivity index (χ4n) is 2.56. The molecule has 0 saturated heterocycles. The van der Waals surface area contributed by atoms with Crippen molar-refractivity contribution in [3.63, 3.8) is 0 Å². The van der Waals surface area contributed by atoms with E-state index < -0.39 is 5.97 Å². The predicted molar refractivity (Wildman–Crippen MR) is 87.1 cm³/mol. The second-order valence-corrected chi connectivity index (χ2v) is 5.57. The summed E-state index contributed by atoms with van der Waals surface area (Å²) in [4.78, 5) is 26.3. The second kappa shape index (κ2) is 5.69. The van der Waals surface area contributed by atoms with E-state index in [1.165, 1.54) is 16.7 Å². The Kier molecular flexibility index (Phi) is 3.73. The Hall–Kier alpha value is -2.53. The first kappa shape index (κ1) is 14.4. The summed E-state index contributed by atoms with van der Waals surface area (Å²) in [6.45, 7) is 0. The van der Waals surface area contributed by atoms with Crippen LogP contribution in [0.15, 0.2) is 59.5 Å². The molecule has 1 amide bonds. The average Bonchev–Trinajstić information content (AvgIpc) is 2.80. The van der Waals surface area contributed by atoms with Crippen LogP contribution in [0.3, 0.4) is 0 Å². The van der Waals surface area contributed by atoms with E-state index in [1.54, 1.807) is 24.3 Å². The second-order valence-electron chi connectivity index (χ2n) is 4.73. The van der Waals surface area contributed by atoms with Crippen molar-refractivity contribution in [2.75, 3.05) is 11.2 Å². The van der Waals surface area contributed by atoms with Crippen molar-refractivity contribution in [1.29, 1.82) is 0 Å². The predicted octanol–water partition coefficient (Wildman–Crippen LogP) is 3.49. The van der Waals surface area contributed by atoms with E-state index in [9.17, 15) is 9.59 Å². The number of carbonyl (C=O) groups is 2. The van der Waals surface area contributed by atoms with Crippen LogP contribution < -0.4 is 4.90 Å². The van der Waals surface area contributed by atoms with Crippen molar-refractivity contribution >= 4 is 35.0 Å². The molecule has 0 bridgehead atoms. The lowest BCUT2D eigenvalue weighted by atomic mass is 10.1. The fraction of sp³-hybridized carbons (Fsp3) is 0.0588. The highest BCUT2D eigenvalue weighted by atomic mass is 32.2. The quantitative estimate of drug-likeness (QED) is 0.696. The molecule has 0 spiro atoms. The molecule has 1 N–H and O–H groups in total. The molecule has 5 heteroatoms. The topological polar surface area (TPSA) is 57.6 Å². The van der Waals surface area contributed by atoms with Gasteiger partial charge in [-0.15, -0.1) is 11.8 Å². The van der Waals surface area contributed by atoms with Gasteiger partial charge in [-0.1, -0.05) is 30.3 Å². The molecule has 0 aliphatic carbocycles. The molecule has 4 nitrogen and oxygen atoms in total. The molecular weight excluding hydrogens is 298 g/mol. The van der Waals surface area contributed by atoms with Gasteiger partial charge in [0.2, 0.25) is 0 Å². The van der Waals surface area contributed by atoms with Gasteiger partial charge in [0.25, 0.3) is 5.91 Å². The van der Waals surface area contributed by atoms with E-state index in [4.69, 9.17) is 5.11 Å². The SMILES string of the molecule is CSc1ccccc1N1C(=O)c2ccccc2C1=CC(=O)O. The summed E-state index contributed by atoms with van der Waals surface area (Å²) < 4.78 is 0. The van der Waals surface area contributed by atoms with Crippen molar-refractivity contribution in [1.82, 2.24) is 0 Å². The number of thioether (sulfide) groups is 1. The Labute approximate surface area is 132 Å². The Balaban J connectivity index is 2.23. The third-order valence-corrected chi connectivity index (χ3v) is 4.25. The van der Waals surface area contributed by atoms with Gasteiger partial charge >= 0.3 is 5.97 Å². The van der Waals surface area contributed by atoms with Crippen LogP contribution in [0.1, 0.15) is 15.9 Å². The maximum Gasteiger partial charge on any atom is 0.330 e. The zero-order valence-corrected chi connectivity index (χ0v) is 12.6. The first-order chi connectivity index (χ1) is 10.6. The van der Waals surface area contributed by atoms with Crippen molar-refractivity contribution in [2.45, 2.75) is 4.90 Å². The number of anilines is 1. The third kappa shape index (κ3) is 2.29. The summed E-state index contributed by atoms with van der Waals surface area (Å²) in [6.07, 6.45) is 3.01. The number of nitrogens with zero attached hydrogens (tertiary/aromatic N) is 1. The highest BCUT2D eigenvalue weighted by Gasteiger charge is 2.34. The Morgan fingerprint density at radius 3 is 2.41 bits per heavy atom. The standard InChI is InChI=1S/C17H13NO3S/c1-22-15-9-5-4-8-13(15)18-14(10-16(19)20)11-6-2-3-7-12(11)17(18)21/h2-10H,1H3,(H,19,20). The van der Waals surface area contributed by atoms with Crippen LogP contribution >= 0.6 is 11.8 Å². The number of fused-ring (bicyclic) bond motifs is 1. The van der Waals surface area contributed by atoms with Crippen molar-refractivity contribution < 1.29 is 14.7 Å². The van der Waals surface area contributed by atoms with Crippen molar-refractivity contribution in [3.8, 4) is 0 Å². The molecule has 3 rings (SSSR count). The average molecular weight is 311 g/mol. The van der Waals surface area contributed by atoms with Gasteiger partial charge in [-0.3, -0.25) is 9.69 Å². The maximum atomic E-state index is 12.7. The third-order valence-electron chi connectivity index (χ3n) is 3.46. The molecule has 0 atom stereocenters. The normalized spacial score (nSPS) is 15.2. The Bertz CT molecular complexity index is 798. The molecule has 0 unspecified atom stereocenters. The minimum absolute atomic E-state index is 0.204. The van der Waals surface area contributed by atoms with Gasteiger partial charge in [0.1, 0.15) is 0 Å². The van der Waals surface area contributed by atoms with Gasteiger partial charge in [-0.05, 0) is 24.5 Å². The lowest BCUT2D eigenvalue weighted by Crippen LogP contribution is -2.23. The molecule has 0 radical (unpaired) electrons. The summed E-state index contributed by atoms with van der Waals surface area (Å²) in [6, 6.07) is 14.5. The Morgan fingerprint density at radius 1 is 1.09 bits per heavy atom. The molecule has 0 aromatic heterocycles. The van der Waals surface area contributed by atoms with E-state index in [0.717, 1.165) is 11.0 Å². The lowest BCUT2D eigenvalue weighted by Gasteiger charge is -2.20. The number of hydrogen-bond acceptors (Lipinski definition) is 3. The molecule has 2 aromatic carbocycles. The van der Waals surface area contributed by atoms with Crippen LogP contribution in [-0.4, -0.2) is 23.2 Å². The Morgan fingerprint density at radius 2 is 1.73 bits per heavy atom. The number of benzene rings is 2. The van der Waals surface area contributed by atoms with Crippen LogP contribution in [0.4, 0.5) is 5.69 Å². The van der Waals surface area contributed by atoms with Gasteiger partial charge in [-0.2, -0.15) is 0 Å². The van der Waals surface area contributed by atoms with Crippen LogP contribution in [0, 0.1) is 0 Å². The van der Waals surface area contributed by atoms with Crippen LogP contribution in [0.2, 0.25) is 0 Å². The van der Waals surface area contributed by atoms with E-state index in [2.05, 4.69) is 0 Å². The van der Waals surface area contributed by atoms with E-state index in [-0.39, 0.29) is 5.91 Å². The molecule has 1 aliphatic rings. The molecule has 0 fully saturated rings. The summed E-state index contributed by atoms with van der Waals surface area (Å²) >= 11 is 1.52. The fourth-order valence-corrected chi connectivity index (χ4v) is 3.14. The van der Waals surface area contributed by atoms with E-state index >= 15 is 0 Å². The molecule has 0 saturated carbocycles. The van der Waals surface area contributed by atoms with Crippen LogP contribution in [0.5, 0.6) is 0 Å². The zero-order chi connectivity index (χ0) is 15.7. The first-order valence-electron chi connectivity index (χ1n) is 6.65. The number of para-hydroxylation sites is 1. The minimum atomic E-state index is -1.08. The number of carboxylic acid groups (broad SMARTS) is 1. The van der Waals surface area contributed by atoms with Gasteiger partial charge in [-0.25, -0.2) is 4.79 Å². The van der Waals surface area contributed by atoms with Gasteiger partial charge < -0.3 is 5.11 Å². The number of carbonyl (C=O) groups excluding carboxylic acids is 1. The number of carboxylic acids is 1. The van der Waals surface area contributed by atoms with Crippen molar-refractivity contribution in [3.05, 3.63) is 65.7 Å². The number of hydrogen-bond donors (Lipinski definition) is 1. The van der Waals surface area contributed by atoms with Gasteiger partial charge in [0.15, 0.2) is 0 Å².